The zero-order chi connectivity index (χ0) is 23.8. The van der Waals surface area contributed by atoms with Crippen LogP contribution in [0, 0.1) is 5.92 Å². The molecule has 10 heteroatoms. The molecule has 2 aromatic rings. The van der Waals surface area contributed by atoms with E-state index in [9.17, 15) is 22.8 Å². The number of hydrogen-bond donors (Lipinski definition) is 3. The summed E-state index contributed by atoms with van der Waals surface area (Å²) in [5, 5.41) is 6.39. The lowest BCUT2D eigenvalue weighted by Crippen LogP contribution is -2.40. The van der Waals surface area contributed by atoms with Gasteiger partial charge in [-0.3, -0.25) is 14.4 Å². The second-order valence-corrected chi connectivity index (χ2v) is 9.47. The lowest BCUT2D eigenvalue weighted by atomic mass is 9.97. The molecule has 174 valence electrons. The Balaban J connectivity index is 1.50. The summed E-state index contributed by atoms with van der Waals surface area (Å²) < 4.78 is 26.5. The average molecular weight is 471 g/mol. The molecule has 0 unspecified atom stereocenters. The van der Waals surface area contributed by atoms with E-state index in [0.29, 0.717) is 24.1 Å². The lowest BCUT2D eigenvalue weighted by molar-refractivity contribution is -0.121. The minimum Gasteiger partial charge on any atom is -0.368 e. The first-order chi connectivity index (χ1) is 15.7. The standard InChI is InChI=1S/C23H26N4O5S/c24-21(28)16-25-22(29)18-6-8-20(9-7-18)26-23(30)19-10-13-27(14-11-19)33(31,32)15-12-17-4-2-1-3-5-17/h1-9,12,15,19H,10-11,13-14,16H2,(H2,24,28)(H,25,29)(H,26,30)/b15-12+. The van der Waals surface area contributed by atoms with E-state index in [1.807, 2.05) is 30.3 Å². The predicted octanol–water partition coefficient (Wildman–Crippen LogP) is 1.55. The number of nitrogens with one attached hydrogen (secondary N) is 2. The number of amides is 3. The van der Waals surface area contributed by atoms with Crippen molar-refractivity contribution in [2.75, 3.05) is 25.0 Å². The molecule has 1 heterocycles. The van der Waals surface area contributed by atoms with Crippen molar-refractivity contribution >= 4 is 39.5 Å². The van der Waals surface area contributed by atoms with E-state index < -0.39 is 21.8 Å². The molecule has 33 heavy (non-hydrogen) atoms. The number of primary amides is 1. The van der Waals surface area contributed by atoms with Gasteiger partial charge in [0.05, 0.1) is 6.54 Å². The summed E-state index contributed by atoms with van der Waals surface area (Å²) in [7, 11) is -3.56. The van der Waals surface area contributed by atoms with Crippen LogP contribution in [0.4, 0.5) is 5.69 Å². The van der Waals surface area contributed by atoms with Gasteiger partial charge < -0.3 is 16.4 Å². The Labute approximate surface area is 192 Å². The molecule has 0 radical (unpaired) electrons. The van der Waals surface area contributed by atoms with E-state index in [2.05, 4.69) is 10.6 Å². The molecule has 1 fully saturated rings. The van der Waals surface area contributed by atoms with Crippen molar-refractivity contribution < 1.29 is 22.8 Å². The maximum Gasteiger partial charge on any atom is 0.251 e. The van der Waals surface area contributed by atoms with Crippen LogP contribution in [0.25, 0.3) is 6.08 Å². The number of nitrogens with zero attached hydrogens (tertiary/aromatic N) is 1. The van der Waals surface area contributed by atoms with E-state index in [-0.39, 0.29) is 31.5 Å². The fourth-order valence-electron chi connectivity index (χ4n) is 3.41. The normalized spacial score (nSPS) is 15.3. The minimum absolute atomic E-state index is 0.196. The smallest absolute Gasteiger partial charge is 0.251 e. The van der Waals surface area contributed by atoms with Gasteiger partial charge in [-0.05, 0) is 48.7 Å². The molecule has 1 aliphatic rings. The molecule has 1 aliphatic heterocycles. The first kappa shape index (κ1) is 24.1. The summed E-state index contributed by atoms with van der Waals surface area (Å²) >= 11 is 0. The number of nitrogens with two attached hydrogens (primary N) is 1. The summed E-state index contributed by atoms with van der Waals surface area (Å²) in [6.07, 6.45) is 2.39. The van der Waals surface area contributed by atoms with Crippen molar-refractivity contribution in [2.24, 2.45) is 11.7 Å². The maximum absolute atomic E-state index is 12.6. The Kier molecular flexibility index (Phi) is 7.96. The highest BCUT2D eigenvalue weighted by molar-refractivity contribution is 7.92. The molecule has 0 aromatic heterocycles. The third-order valence-corrected chi connectivity index (χ3v) is 6.82. The van der Waals surface area contributed by atoms with E-state index in [1.165, 1.54) is 21.8 Å². The van der Waals surface area contributed by atoms with Crippen LogP contribution < -0.4 is 16.4 Å². The first-order valence-corrected chi connectivity index (χ1v) is 12.0. The van der Waals surface area contributed by atoms with Crippen molar-refractivity contribution in [2.45, 2.75) is 12.8 Å². The highest BCUT2D eigenvalue weighted by Gasteiger charge is 2.30. The zero-order valence-electron chi connectivity index (χ0n) is 17.9. The number of hydrogen-bond acceptors (Lipinski definition) is 5. The van der Waals surface area contributed by atoms with Crippen LogP contribution in [-0.2, 0) is 19.6 Å². The van der Waals surface area contributed by atoms with Crippen LogP contribution in [-0.4, -0.2) is 50.1 Å². The van der Waals surface area contributed by atoms with Gasteiger partial charge in [-0.15, -0.1) is 0 Å². The van der Waals surface area contributed by atoms with Crippen molar-refractivity contribution in [1.29, 1.82) is 0 Å². The fraction of sp³-hybridized carbons (Fsp3) is 0.261. The second kappa shape index (κ2) is 10.9. The quantitative estimate of drug-likeness (QED) is 0.537. The third-order valence-electron chi connectivity index (χ3n) is 5.25. The van der Waals surface area contributed by atoms with Crippen LogP contribution >= 0.6 is 0 Å². The lowest BCUT2D eigenvalue weighted by Gasteiger charge is -2.29. The van der Waals surface area contributed by atoms with Crippen LogP contribution in [0.3, 0.4) is 0 Å². The summed E-state index contributed by atoms with van der Waals surface area (Å²) in [5.41, 5.74) is 6.65. The number of rotatable bonds is 8. The maximum atomic E-state index is 12.6. The molecule has 0 atom stereocenters. The number of sulfonamides is 1. The Morgan fingerprint density at radius 1 is 1.00 bits per heavy atom. The third kappa shape index (κ3) is 6.99. The highest BCUT2D eigenvalue weighted by atomic mass is 32.2. The van der Waals surface area contributed by atoms with Crippen molar-refractivity contribution in [3.63, 3.8) is 0 Å². The number of benzene rings is 2. The molecule has 0 aliphatic carbocycles. The van der Waals surface area contributed by atoms with Gasteiger partial charge in [0.25, 0.3) is 5.91 Å². The Morgan fingerprint density at radius 2 is 1.64 bits per heavy atom. The predicted molar refractivity (Wildman–Crippen MR) is 125 cm³/mol. The van der Waals surface area contributed by atoms with Gasteiger partial charge in [0.1, 0.15) is 0 Å². The van der Waals surface area contributed by atoms with E-state index in [4.69, 9.17) is 5.73 Å². The number of anilines is 1. The van der Waals surface area contributed by atoms with E-state index >= 15 is 0 Å². The van der Waals surface area contributed by atoms with E-state index in [0.717, 1.165) is 5.56 Å². The zero-order valence-corrected chi connectivity index (χ0v) is 18.8. The number of carbonyl (C=O) groups excluding carboxylic acids is 3. The molecule has 0 spiro atoms. The van der Waals surface area contributed by atoms with Crippen molar-refractivity contribution in [3.8, 4) is 0 Å². The van der Waals surface area contributed by atoms with E-state index in [1.54, 1.807) is 18.2 Å². The first-order valence-electron chi connectivity index (χ1n) is 10.5. The summed E-state index contributed by atoms with van der Waals surface area (Å²) in [6.45, 7) is 0.269. The molecular weight excluding hydrogens is 444 g/mol. The van der Waals surface area contributed by atoms with Gasteiger partial charge in [-0.1, -0.05) is 30.3 Å². The molecule has 0 saturated carbocycles. The Hall–Kier alpha value is -3.50. The second-order valence-electron chi connectivity index (χ2n) is 7.65. The number of piperidine rings is 1. The SMILES string of the molecule is NC(=O)CNC(=O)c1ccc(NC(=O)C2CCN(S(=O)(=O)/C=C/c3ccccc3)CC2)cc1. The van der Waals surface area contributed by atoms with Gasteiger partial charge in [-0.25, -0.2) is 8.42 Å². The van der Waals surface area contributed by atoms with Gasteiger partial charge in [-0.2, -0.15) is 4.31 Å². The van der Waals surface area contributed by atoms with Gasteiger partial charge in [0.2, 0.25) is 21.8 Å². The molecule has 9 nitrogen and oxygen atoms in total. The van der Waals surface area contributed by atoms with Gasteiger partial charge in [0.15, 0.2) is 0 Å². The van der Waals surface area contributed by atoms with Gasteiger partial charge >= 0.3 is 0 Å². The summed E-state index contributed by atoms with van der Waals surface area (Å²) in [6, 6.07) is 15.4. The van der Waals surface area contributed by atoms with Crippen molar-refractivity contribution in [1.82, 2.24) is 9.62 Å². The average Bonchev–Trinajstić information content (AvgIpc) is 2.82. The van der Waals surface area contributed by atoms with Crippen LogP contribution in [0.2, 0.25) is 0 Å². The molecule has 0 bridgehead atoms. The molecule has 4 N–H and O–H groups in total. The highest BCUT2D eigenvalue weighted by Crippen LogP contribution is 2.22. The summed E-state index contributed by atoms with van der Waals surface area (Å²) in [5.74, 6) is -1.59. The Bertz CT molecular complexity index is 1120. The number of carbonyl (C=O) groups is 3. The minimum atomic E-state index is -3.56. The molecule has 3 amide bonds. The summed E-state index contributed by atoms with van der Waals surface area (Å²) in [4.78, 5) is 35.3. The van der Waals surface area contributed by atoms with Gasteiger partial charge in [0, 0.05) is 35.7 Å². The Morgan fingerprint density at radius 3 is 2.24 bits per heavy atom. The molecule has 2 aromatic carbocycles. The molecule has 1 saturated heterocycles. The largest absolute Gasteiger partial charge is 0.368 e. The topological polar surface area (TPSA) is 139 Å². The molecule has 3 rings (SSSR count). The van der Waals surface area contributed by atoms with Crippen molar-refractivity contribution in [3.05, 3.63) is 71.1 Å². The fourth-order valence-corrected chi connectivity index (χ4v) is 4.63. The van der Waals surface area contributed by atoms with Crippen LogP contribution in [0.1, 0.15) is 28.8 Å². The molecular formula is C23H26N4O5S. The van der Waals surface area contributed by atoms with Crippen LogP contribution in [0.5, 0.6) is 0 Å². The van der Waals surface area contributed by atoms with Crippen LogP contribution in [0.15, 0.2) is 60.0 Å². The monoisotopic (exact) mass is 470 g/mol.